The van der Waals surface area contributed by atoms with E-state index in [9.17, 15) is 0 Å². The number of nitrogens with zero attached hydrogens (tertiary/aromatic N) is 2. The van der Waals surface area contributed by atoms with Gasteiger partial charge in [0.2, 0.25) is 0 Å². The SMILES string of the molecule is [2H]C([2H])([2H])c1cc2c3c(c1)N(c1cc(-c4ccccc4)ccc1C)c1ccc(C(C)(C)C)cc1B3c1cc3c(cc1N2c1ccc2c(c1)C(C)(C)CC2(C)C)C(C)(C)CC3(C)C. The fourth-order valence-electron chi connectivity index (χ4n) is 12.2. The summed E-state index contributed by atoms with van der Waals surface area (Å²) in [5, 5.41) is 0. The van der Waals surface area contributed by atoms with Crippen LogP contribution in [0.25, 0.3) is 11.1 Å². The van der Waals surface area contributed by atoms with E-state index in [4.69, 9.17) is 4.11 Å². The third kappa shape index (κ3) is 5.66. The molecule has 2 aliphatic heterocycles. The zero-order chi connectivity index (χ0) is 44.3. The first-order valence-electron chi connectivity index (χ1n) is 23.3. The molecule has 10 rings (SSSR count). The van der Waals surface area contributed by atoms with E-state index in [1.54, 1.807) is 0 Å². The highest BCUT2D eigenvalue weighted by atomic mass is 15.2. The maximum Gasteiger partial charge on any atom is 0.252 e. The molecule has 0 fully saturated rings. The second-order valence-electron chi connectivity index (χ2n) is 22.0. The lowest BCUT2D eigenvalue weighted by atomic mass is 9.33. The van der Waals surface area contributed by atoms with Gasteiger partial charge >= 0.3 is 0 Å². The summed E-state index contributed by atoms with van der Waals surface area (Å²) in [6.45, 7) is 25.7. The minimum absolute atomic E-state index is 0.0120. The van der Waals surface area contributed by atoms with Gasteiger partial charge in [0.05, 0.1) is 0 Å². The standard InChI is InChI=1S/C56H61BN2/c1-34-25-49-51-50(26-34)59(47-27-37(20-19-35(47)2)36-17-15-14-16-18-36)46-24-21-38(52(3,4)5)28-44(46)57(51)45-30-42-43(56(12,13)33-55(42,10)11)31-48(45)58(49)39-22-23-40-41(29-39)54(8,9)32-53(40,6)7/h14-31H,32-33H2,1-13H3/i1D3. The predicted molar refractivity (Wildman–Crippen MR) is 255 cm³/mol. The highest BCUT2D eigenvalue weighted by Crippen LogP contribution is 2.55. The molecule has 0 aromatic heterocycles. The molecule has 298 valence electrons. The normalized spacial score (nSPS) is 19.5. The smallest absolute Gasteiger partial charge is 0.252 e. The fraction of sp³-hybridized carbons (Fsp3) is 0.357. The second kappa shape index (κ2) is 12.3. The molecular weight excluding hydrogens is 711 g/mol. The minimum atomic E-state index is -2.34. The van der Waals surface area contributed by atoms with Crippen LogP contribution in [0.2, 0.25) is 0 Å². The van der Waals surface area contributed by atoms with E-state index in [1.165, 1.54) is 38.7 Å². The Bertz CT molecular complexity index is 2860. The van der Waals surface area contributed by atoms with Crippen molar-refractivity contribution >= 4 is 57.2 Å². The Morgan fingerprint density at radius 1 is 0.525 bits per heavy atom. The number of hydrogen-bond acceptors (Lipinski definition) is 2. The van der Waals surface area contributed by atoms with E-state index in [2.05, 4.69) is 190 Å². The molecule has 0 atom stereocenters. The van der Waals surface area contributed by atoms with Crippen LogP contribution in [0.15, 0.2) is 109 Å². The molecule has 2 aliphatic carbocycles. The van der Waals surface area contributed by atoms with Crippen LogP contribution in [0.1, 0.15) is 132 Å². The highest BCUT2D eigenvalue weighted by Gasteiger charge is 2.49. The average molecular weight is 776 g/mol. The highest BCUT2D eigenvalue weighted by molar-refractivity contribution is 7.00. The van der Waals surface area contributed by atoms with Crippen LogP contribution in [-0.2, 0) is 27.1 Å². The van der Waals surface area contributed by atoms with Gasteiger partial charge in [-0.15, -0.1) is 0 Å². The van der Waals surface area contributed by atoms with E-state index < -0.39 is 6.85 Å². The van der Waals surface area contributed by atoms with Crippen molar-refractivity contribution in [2.75, 3.05) is 9.80 Å². The topological polar surface area (TPSA) is 6.48 Å². The lowest BCUT2D eigenvalue weighted by molar-refractivity contribution is 0.403. The zero-order valence-electron chi connectivity index (χ0n) is 40.3. The van der Waals surface area contributed by atoms with Crippen molar-refractivity contribution in [3.05, 3.63) is 148 Å². The molecule has 0 amide bonds. The van der Waals surface area contributed by atoms with Gasteiger partial charge in [0, 0.05) is 38.2 Å². The molecule has 0 bridgehead atoms. The summed E-state index contributed by atoms with van der Waals surface area (Å²) in [5.74, 6) is 0. The summed E-state index contributed by atoms with van der Waals surface area (Å²) >= 11 is 0. The van der Waals surface area contributed by atoms with Crippen LogP contribution < -0.4 is 26.2 Å². The number of rotatable bonds is 3. The Balaban J connectivity index is 1.35. The van der Waals surface area contributed by atoms with Crippen LogP contribution >= 0.6 is 0 Å². The number of anilines is 6. The van der Waals surface area contributed by atoms with Crippen molar-refractivity contribution in [1.82, 2.24) is 0 Å². The van der Waals surface area contributed by atoms with Gasteiger partial charge in [-0.1, -0.05) is 143 Å². The molecule has 0 unspecified atom stereocenters. The van der Waals surface area contributed by atoms with Gasteiger partial charge in [0.15, 0.2) is 0 Å². The summed E-state index contributed by atoms with van der Waals surface area (Å²) in [4.78, 5) is 4.85. The minimum Gasteiger partial charge on any atom is -0.311 e. The molecule has 0 spiro atoms. The first-order valence-corrected chi connectivity index (χ1v) is 21.8. The van der Waals surface area contributed by atoms with Gasteiger partial charge in [-0.2, -0.15) is 0 Å². The van der Waals surface area contributed by atoms with Gasteiger partial charge < -0.3 is 9.80 Å². The van der Waals surface area contributed by atoms with Gasteiger partial charge in [0.25, 0.3) is 6.71 Å². The van der Waals surface area contributed by atoms with Crippen molar-refractivity contribution in [2.45, 2.75) is 130 Å². The number of aryl methyl sites for hydroxylation is 2. The molecule has 3 heteroatoms. The largest absolute Gasteiger partial charge is 0.311 e. The van der Waals surface area contributed by atoms with E-state index in [0.29, 0.717) is 5.56 Å². The summed E-state index contributed by atoms with van der Waals surface area (Å²) in [6, 6.07) is 40.5. The molecule has 59 heavy (non-hydrogen) atoms. The molecule has 0 N–H and O–H groups in total. The van der Waals surface area contributed by atoms with Crippen molar-refractivity contribution < 1.29 is 4.11 Å². The molecule has 4 aliphatic rings. The summed E-state index contributed by atoms with van der Waals surface area (Å²) in [5.41, 5.74) is 20.5. The van der Waals surface area contributed by atoms with Crippen molar-refractivity contribution in [3.63, 3.8) is 0 Å². The average Bonchev–Trinajstić information content (AvgIpc) is 3.50. The number of fused-ring (bicyclic) bond motifs is 6. The van der Waals surface area contributed by atoms with E-state index in [1.807, 2.05) is 12.1 Å². The Labute approximate surface area is 359 Å². The fourth-order valence-corrected chi connectivity index (χ4v) is 12.2. The molecule has 0 saturated heterocycles. The molecule has 6 aromatic rings. The van der Waals surface area contributed by atoms with Crippen LogP contribution in [0.3, 0.4) is 0 Å². The van der Waals surface area contributed by atoms with Gasteiger partial charge in [-0.3, -0.25) is 0 Å². The van der Waals surface area contributed by atoms with Crippen LogP contribution in [0.5, 0.6) is 0 Å². The van der Waals surface area contributed by atoms with Crippen LogP contribution in [0, 0.1) is 13.8 Å². The molecule has 0 radical (unpaired) electrons. The van der Waals surface area contributed by atoms with Crippen LogP contribution in [0.4, 0.5) is 34.1 Å². The summed E-state index contributed by atoms with van der Waals surface area (Å²) in [6.07, 6.45) is 2.13. The number of benzene rings is 6. The Kier molecular flexibility index (Phi) is 7.24. The number of hydrogen-bond donors (Lipinski definition) is 0. The quantitative estimate of drug-likeness (QED) is 0.165. The van der Waals surface area contributed by atoms with Gasteiger partial charge in [-0.25, -0.2) is 0 Å². The summed E-state index contributed by atoms with van der Waals surface area (Å²) in [7, 11) is 0. The Morgan fingerprint density at radius 2 is 1.14 bits per heavy atom. The summed E-state index contributed by atoms with van der Waals surface area (Å²) < 4.78 is 27.1. The molecule has 6 aromatic carbocycles. The van der Waals surface area contributed by atoms with E-state index >= 15 is 0 Å². The van der Waals surface area contributed by atoms with Crippen molar-refractivity contribution in [2.24, 2.45) is 0 Å². The van der Waals surface area contributed by atoms with E-state index in [0.717, 1.165) is 69.1 Å². The third-order valence-corrected chi connectivity index (χ3v) is 14.6. The molecule has 2 heterocycles. The lowest BCUT2D eigenvalue weighted by Gasteiger charge is -2.45. The van der Waals surface area contributed by atoms with Crippen molar-refractivity contribution in [3.8, 4) is 11.1 Å². The Morgan fingerprint density at radius 3 is 1.80 bits per heavy atom. The second-order valence-corrected chi connectivity index (χ2v) is 22.0. The molecule has 2 nitrogen and oxygen atoms in total. The maximum absolute atomic E-state index is 9.04. The monoisotopic (exact) mass is 776 g/mol. The van der Waals surface area contributed by atoms with Gasteiger partial charge in [0.1, 0.15) is 0 Å². The molecular formula is C56H61BN2. The zero-order valence-corrected chi connectivity index (χ0v) is 37.3. The molecule has 0 saturated carbocycles. The lowest BCUT2D eigenvalue weighted by Crippen LogP contribution is -2.61. The Hall–Kier alpha value is -5.02. The third-order valence-electron chi connectivity index (χ3n) is 14.6. The van der Waals surface area contributed by atoms with Gasteiger partial charge in [-0.05, 0) is 163 Å². The van der Waals surface area contributed by atoms with E-state index in [-0.39, 0.29) is 33.8 Å². The maximum atomic E-state index is 9.04. The first kappa shape index (κ1) is 34.8. The predicted octanol–water partition coefficient (Wildman–Crippen LogP) is 13.3. The first-order chi connectivity index (χ1) is 28.9. The van der Waals surface area contributed by atoms with Crippen molar-refractivity contribution in [1.29, 1.82) is 0 Å². The van der Waals surface area contributed by atoms with Crippen LogP contribution in [-0.4, -0.2) is 6.71 Å².